The molecule has 0 radical (unpaired) electrons. The lowest BCUT2D eigenvalue weighted by atomic mass is 10.0. The van der Waals surface area contributed by atoms with Crippen LogP contribution in [0.1, 0.15) is 21.8 Å². The van der Waals surface area contributed by atoms with Crippen LogP contribution < -0.4 is 0 Å². The molecule has 1 saturated heterocycles. The summed E-state index contributed by atoms with van der Waals surface area (Å²) in [6.07, 6.45) is 0. The first-order chi connectivity index (χ1) is 16.4. The zero-order valence-electron chi connectivity index (χ0n) is 18.9. The molecule has 0 saturated carbocycles. The molecule has 8 nitrogen and oxygen atoms in total. The lowest BCUT2D eigenvalue weighted by Gasteiger charge is -2.34. The zero-order chi connectivity index (χ0) is 23.9. The van der Waals surface area contributed by atoms with Crippen LogP contribution in [0, 0.1) is 13.8 Å². The Morgan fingerprint density at radius 1 is 0.941 bits per heavy atom. The molecule has 4 aromatic rings. The largest absolute Gasteiger partial charge is 0.360 e. The molecular formula is C25H24N4O4S. The van der Waals surface area contributed by atoms with E-state index in [-0.39, 0.29) is 29.7 Å². The minimum absolute atomic E-state index is 0.111. The number of para-hydroxylation sites is 1. The fourth-order valence-corrected chi connectivity index (χ4v) is 6.10. The first-order valence-electron chi connectivity index (χ1n) is 11.0. The Bertz CT molecular complexity index is 1450. The minimum Gasteiger partial charge on any atom is -0.360 e. The number of carbonyl (C=O) groups is 1. The van der Waals surface area contributed by atoms with Gasteiger partial charge in [0.15, 0.2) is 5.76 Å². The van der Waals surface area contributed by atoms with Gasteiger partial charge in [0.25, 0.3) is 5.91 Å². The molecular weight excluding hydrogens is 452 g/mol. The van der Waals surface area contributed by atoms with E-state index in [0.717, 1.165) is 22.2 Å². The number of aryl methyl sites for hydroxylation is 2. The normalized spacial score (nSPS) is 15.1. The molecule has 0 spiro atoms. The number of nitrogens with zero attached hydrogens (tertiary/aromatic N) is 4. The Kier molecular flexibility index (Phi) is 5.66. The molecule has 2 aromatic heterocycles. The molecule has 0 bridgehead atoms. The lowest BCUT2D eigenvalue weighted by Crippen LogP contribution is -2.50. The maximum Gasteiger partial charge on any atom is 0.254 e. The van der Waals surface area contributed by atoms with Crippen molar-refractivity contribution in [2.75, 3.05) is 26.2 Å². The molecule has 9 heteroatoms. The van der Waals surface area contributed by atoms with Gasteiger partial charge in [-0.25, -0.2) is 13.4 Å². The van der Waals surface area contributed by atoms with Crippen molar-refractivity contribution in [3.05, 3.63) is 77.7 Å². The van der Waals surface area contributed by atoms with E-state index in [1.165, 1.54) is 4.31 Å². The van der Waals surface area contributed by atoms with Crippen LogP contribution in [0.25, 0.3) is 22.2 Å². The summed E-state index contributed by atoms with van der Waals surface area (Å²) in [5.74, 6) is 0.137. The minimum atomic E-state index is -3.74. The fourth-order valence-electron chi connectivity index (χ4n) is 4.38. The molecule has 5 rings (SSSR count). The molecule has 1 amide bonds. The topological polar surface area (TPSA) is 96.6 Å². The van der Waals surface area contributed by atoms with Gasteiger partial charge in [-0.3, -0.25) is 4.79 Å². The zero-order valence-corrected chi connectivity index (χ0v) is 19.7. The molecule has 1 aliphatic heterocycles. The summed E-state index contributed by atoms with van der Waals surface area (Å²) >= 11 is 0. The number of fused-ring (bicyclic) bond motifs is 1. The van der Waals surface area contributed by atoms with Crippen LogP contribution >= 0.6 is 0 Å². The van der Waals surface area contributed by atoms with E-state index in [1.807, 2.05) is 60.7 Å². The summed E-state index contributed by atoms with van der Waals surface area (Å²) in [5, 5.41) is 4.55. The van der Waals surface area contributed by atoms with Gasteiger partial charge >= 0.3 is 0 Å². The highest BCUT2D eigenvalue weighted by molar-refractivity contribution is 7.89. The molecule has 1 fully saturated rings. The third-order valence-electron chi connectivity index (χ3n) is 6.11. The maximum absolute atomic E-state index is 13.6. The van der Waals surface area contributed by atoms with Crippen LogP contribution in [0.5, 0.6) is 0 Å². The summed E-state index contributed by atoms with van der Waals surface area (Å²) in [4.78, 5) is 20.2. The number of hydrogen-bond acceptors (Lipinski definition) is 6. The summed E-state index contributed by atoms with van der Waals surface area (Å²) in [5.41, 5.74) is 3.30. The lowest BCUT2D eigenvalue weighted by molar-refractivity contribution is 0.0699. The third-order valence-corrected chi connectivity index (χ3v) is 8.25. The van der Waals surface area contributed by atoms with E-state index < -0.39 is 10.0 Å². The second kappa shape index (κ2) is 8.66. The van der Waals surface area contributed by atoms with Crippen LogP contribution in [0.3, 0.4) is 0 Å². The Balaban J connectivity index is 1.43. The van der Waals surface area contributed by atoms with E-state index in [2.05, 4.69) is 5.16 Å². The van der Waals surface area contributed by atoms with Crippen molar-refractivity contribution < 1.29 is 17.7 Å². The Morgan fingerprint density at radius 2 is 1.62 bits per heavy atom. The van der Waals surface area contributed by atoms with E-state index in [9.17, 15) is 13.2 Å². The van der Waals surface area contributed by atoms with Gasteiger partial charge in [-0.2, -0.15) is 4.31 Å². The molecule has 2 aromatic carbocycles. The first-order valence-corrected chi connectivity index (χ1v) is 12.5. The number of amides is 1. The number of sulfonamides is 1. The molecule has 3 heterocycles. The van der Waals surface area contributed by atoms with Crippen molar-refractivity contribution in [2.45, 2.75) is 18.7 Å². The molecule has 34 heavy (non-hydrogen) atoms. The number of benzene rings is 2. The van der Waals surface area contributed by atoms with Crippen molar-refractivity contribution in [2.24, 2.45) is 0 Å². The van der Waals surface area contributed by atoms with Crippen LogP contribution in [0.4, 0.5) is 0 Å². The monoisotopic (exact) mass is 476 g/mol. The number of pyridine rings is 1. The van der Waals surface area contributed by atoms with Gasteiger partial charge in [0, 0.05) is 37.1 Å². The number of hydrogen-bond donors (Lipinski definition) is 0. The summed E-state index contributed by atoms with van der Waals surface area (Å²) in [6, 6.07) is 19.1. The van der Waals surface area contributed by atoms with E-state index in [0.29, 0.717) is 24.3 Å². The highest BCUT2D eigenvalue weighted by Crippen LogP contribution is 2.28. The Morgan fingerprint density at radius 3 is 2.29 bits per heavy atom. The van der Waals surface area contributed by atoms with Gasteiger partial charge in [-0.05, 0) is 26.0 Å². The number of aromatic nitrogens is 2. The van der Waals surface area contributed by atoms with Gasteiger partial charge in [0.05, 0.1) is 16.8 Å². The first kappa shape index (κ1) is 22.2. The van der Waals surface area contributed by atoms with Gasteiger partial charge < -0.3 is 9.42 Å². The van der Waals surface area contributed by atoms with Gasteiger partial charge in [0.2, 0.25) is 10.0 Å². The van der Waals surface area contributed by atoms with E-state index >= 15 is 0 Å². The Labute approximate surface area is 197 Å². The predicted octanol–water partition coefficient (Wildman–Crippen LogP) is 3.65. The standard InChI is InChI=1S/C25H24N4O4S/c1-17-24(18(2)33-27-17)34(31,32)29-14-12-28(13-15-29)25(30)21-16-23(19-8-4-3-5-9-19)26-22-11-7-6-10-20(21)22/h3-11,16H,12-15H2,1-2H3. The second-order valence-electron chi connectivity index (χ2n) is 8.29. The summed E-state index contributed by atoms with van der Waals surface area (Å²) in [7, 11) is -3.74. The smallest absolute Gasteiger partial charge is 0.254 e. The number of rotatable bonds is 4. The molecule has 0 atom stereocenters. The highest BCUT2D eigenvalue weighted by Gasteiger charge is 2.34. The van der Waals surface area contributed by atoms with Crippen LogP contribution in [0.2, 0.25) is 0 Å². The van der Waals surface area contributed by atoms with Gasteiger partial charge in [0.1, 0.15) is 10.6 Å². The Hall–Kier alpha value is -3.56. The number of carbonyl (C=O) groups excluding carboxylic acids is 1. The SMILES string of the molecule is Cc1noc(C)c1S(=O)(=O)N1CCN(C(=O)c2cc(-c3ccccc3)nc3ccccc23)CC1. The quantitative estimate of drug-likeness (QED) is 0.446. The summed E-state index contributed by atoms with van der Waals surface area (Å²) in [6.45, 7) is 4.18. The number of piperazine rings is 1. The average molecular weight is 477 g/mol. The average Bonchev–Trinajstić information content (AvgIpc) is 3.22. The van der Waals surface area contributed by atoms with Crippen molar-refractivity contribution in [1.82, 2.24) is 19.3 Å². The molecule has 1 aliphatic rings. The van der Waals surface area contributed by atoms with Crippen LogP contribution in [-0.2, 0) is 10.0 Å². The molecule has 0 N–H and O–H groups in total. The predicted molar refractivity (Wildman–Crippen MR) is 128 cm³/mol. The molecule has 0 aliphatic carbocycles. The van der Waals surface area contributed by atoms with Crippen LogP contribution in [-0.4, -0.2) is 59.8 Å². The highest BCUT2D eigenvalue weighted by atomic mass is 32.2. The fraction of sp³-hybridized carbons (Fsp3) is 0.240. The third kappa shape index (κ3) is 3.86. The second-order valence-corrected chi connectivity index (χ2v) is 10.2. The van der Waals surface area contributed by atoms with Gasteiger partial charge in [-0.1, -0.05) is 53.7 Å². The van der Waals surface area contributed by atoms with Crippen molar-refractivity contribution in [3.63, 3.8) is 0 Å². The summed E-state index contributed by atoms with van der Waals surface area (Å²) < 4.78 is 32.7. The van der Waals surface area contributed by atoms with Crippen molar-refractivity contribution >= 4 is 26.8 Å². The van der Waals surface area contributed by atoms with Gasteiger partial charge in [-0.15, -0.1) is 0 Å². The molecule has 0 unspecified atom stereocenters. The van der Waals surface area contributed by atoms with E-state index in [4.69, 9.17) is 9.51 Å². The maximum atomic E-state index is 13.6. The van der Waals surface area contributed by atoms with E-state index in [1.54, 1.807) is 18.7 Å². The van der Waals surface area contributed by atoms with Crippen molar-refractivity contribution in [3.8, 4) is 11.3 Å². The van der Waals surface area contributed by atoms with Crippen molar-refractivity contribution in [1.29, 1.82) is 0 Å². The molecule has 174 valence electrons. The van der Waals surface area contributed by atoms with Crippen LogP contribution in [0.15, 0.2) is 70.1 Å².